The molecule has 2 aliphatic rings. The van der Waals surface area contributed by atoms with Crippen LogP contribution >= 0.6 is 11.3 Å². The summed E-state index contributed by atoms with van der Waals surface area (Å²) in [5, 5.41) is 4.81. The molecular weight excluding hydrogens is 368 g/mol. The fraction of sp³-hybridized carbons (Fsp3) is 0.500. The maximum Gasteiger partial charge on any atom is 0.139 e. The van der Waals surface area contributed by atoms with Gasteiger partial charge in [-0.3, -0.25) is 4.90 Å². The summed E-state index contributed by atoms with van der Waals surface area (Å²) in [5.74, 6) is 1.10. The predicted molar refractivity (Wildman–Crippen MR) is 119 cm³/mol. The fourth-order valence-electron chi connectivity index (χ4n) is 4.19. The van der Waals surface area contributed by atoms with E-state index in [0.717, 1.165) is 49.8 Å². The molecular formula is C22H30N4OS. The van der Waals surface area contributed by atoms with E-state index < -0.39 is 0 Å². The van der Waals surface area contributed by atoms with Gasteiger partial charge in [0.2, 0.25) is 0 Å². The first-order valence-electron chi connectivity index (χ1n) is 10.2. The van der Waals surface area contributed by atoms with Gasteiger partial charge in [-0.2, -0.15) is 0 Å². The molecule has 6 heteroatoms. The molecule has 1 aromatic heterocycles. The molecule has 0 saturated carbocycles. The maximum atomic E-state index is 5.57. The van der Waals surface area contributed by atoms with Crippen molar-refractivity contribution in [1.82, 2.24) is 9.80 Å². The van der Waals surface area contributed by atoms with E-state index in [1.165, 1.54) is 15.4 Å². The van der Waals surface area contributed by atoms with Gasteiger partial charge in [-0.25, -0.2) is 4.99 Å². The van der Waals surface area contributed by atoms with Gasteiger partial charge in [0.25, 0.3) is 0 Å². The number of benzene rings is 1. The molecule has 2 aliphatic heterocycles. The quantitative estimate of drug-likeness (QED) is 0.816. The summed E-state index contributed by atoms with van der Waals surface area (Å²) >= 11 is 1.81. The molecule has 1 aromatic carbocycles. The summed E-state index contributed by atoms with van der Waals surface area (Å²) in [6.45, 7) is 10.7. The Morgan fingerprint density at radius 2 is 2.14 bits per heavy atom. The zero-order valence-corrected chi connectivity index (χ0v) is 18.1. The maximum absolute atomic E-state index is 5.57. The van der Waals surface area contributed by atoms with Crippen molar-refractivity contribution in [2.24, 2.45) is 4.99 Å². The van der Waals surface area contributed by atoms with Crippen LogP contribution in [0, 0.1) is 6.92 Å². The highest BCUT2D eigenvalue weighted by Crippen LogP contribution is 2.39. The van der Waals surface area contributed by atoms with E-state index in [2.05, 4.69) is 66.2 Å². The molecule has 28 heavy (non-hydrogen) atoms. The first kappa shape index (κ1) is 19.4. The van der Waals surface area contributed by atoms with Gasteiger partial charge in [0, 0.05) is 37.7 Å². The number of nitrogens with zero attached hydrogens (tertiary/aromatic N) is 3. The number of methoxy groups -OCH3 is 1. The van der Waals surface area contributed by atoms with Gasteiger partial charge in [0.1, 0.15) is 10.8 Å². The number of nitrogens with one attached hydrogen (secondary N) is 1. The second-order valence-electron chi connectivity index (χ2n) is 7.69. The number of likely N-dealkylation sites (N-methyl/N-ethyl adjacent to an activating group) is 1. The van der Waals surface area contributed by atoms with E-state index in [4.69, 9.17) is 9.73 Å². The lowest BCUT2D eigenvalue weighted by Crippen LogP contribution is -2.55. The second kappa shape index (κ2) is 8.23. The summed E-state index contributed by atoms with van der Waals surface area (Å²) in [6.07, 6.45) is 1.30. The Kier molecular flexibility index (Phi) is 5.71. The third kappa shape index (κ3) is 3.81. The smallest absolute Gasteiger partial charge is 0.139 e. The van der Waals surface area contributed by atoms with Crippen molar-refractivity contribution in [3.63, 3.8) is 0 Å². The zero-order chi connectivity index (χ0) is 19.7. The molecule has 1 fully saturated rings. The Morgan fingerprint density at radius 3 is 2.93 bits per heavy atom. The largest absolute Gasteiger partial charge is 0.382 e. The van der Waals surface area contributed by atoms with Crippen molar-refractivity contribution in [1.29, 1.82) is 0 Å². The number of hydrogen-bond acceptors (Lipinski definition) is 6. The van der Waals surface area contributed by atoms with Gasteiger partial charge in [-0.1, -0.05) is 19.1 Å². The summed E-state index contributed by atoms with van der Waals surface area (Å²) in [5.41, 5.74) is 3.32. The lowest BCUT2D eigenvalue weighted by molar-refractivity contribution is 0.0474. The van der Waals surface area contributed by atoms with E-state index in [9.17, 15) is 0 Å². The first-order valence-corrected chi connectivity index (χ1v) is 11.0. The lowest BCUT2D eigenvalue weighted by Gasteiger charge is -2.43. The minimum absolute atomic E-state index is 0.261. The zero-order valence-electron chi connectivity index (χ0n) is 17.2. The Balaban J connectivity index is 1.69. The number of anilines is 2. The molecule has 0 radical (unpaired) electrons. The molecule has 3 heterocycles. The lowest BCUT2D eigenvalue weighted by atomic mass is 10.0. The van der Waals surface area contributed by atoms with E-state index in [1.807, 2.05) is 0 Å². The Hall–Kier alpha value is -1.89. The topological polar surface area (TPSA) is 40.1 Å². The SMILES string of the molecule is CCN1CCN(C2=Nc3ccccc3Nc3sc(C)cc32)C[C@@H]1CC(C)OC. The van der Waals surface area contributed by atoms with E-state index in [0.29, 0.717) is 6.04 Å². The van der Waals surface area contributed by atoms with Crippen LogP contribution in [-0.2, 0) is 4.74 Å². The van der Waals surface area contributed by atoms with Crippen molar-refractivity contribution < 1.29 is 4.74 Å². The van der Waals surface area contributed by atoms with Crippen molar-refractivity contribution in [2.45, 2.75) is 39.3 Å². The highest BCUT2D eigenvalue weighted by Gasteiger charge is 2.31. The number of amidine groups is 1. The number of thiophene rings is 1. The van der Waals surface area contributed by atoms with Crippen LogP contribution in [-0.4, -0.2) is 61.1 Å². The van der Waals surface area contributed by atoms with Crippen LogP contribution in [0.1, 0.15) is 30.7 Å². The van der Waals surface area contributed by atoms with Crippen molar-refractivity contribution in [3.8, 4) is 0 Å². The van der Waals surface area contributed by atoms with Gasteiger partial charge in [0.15, 0.2) is 0 Å². The molecule has 0 amide bonds. The molecule has 0 spiro atoms. The van der Waals surface area contributed by atoms with Crippen molar-refractivity contribution in [3.05, 3.63) is 40.8 Å². The highest BCUT2D eigenvalue weighted by atomic mass is 32.1. The van der Waals surface area contributed by atoms with Crippen molar-refractivity contribution >= 4 is 33.5 Å². The molecule has 2 atom stereocenters. The monoisotopic (exact) mass is 398 g/mol. The Bertz CT molecular complexity index is 862. The number of aliphatic imine (C=N–C) groups is 1. The number of rotatable bonds is 4. The average Bonchev–Trinajstić information content (AvgIpc) is 2.99. The number of fused-ring (bicyclic) bond motifs is 2. The van der Waals surface area contributed by atoms with Gasteiger partial charge >= 0.3 is 0 Å². The number of aryl methyl sites for hydroxylation is 1. The van der Waals surface area contributed by atoms with Crippen LogP contribution in [0.25, 0.3) is 0 Å². The average molecular weight is 399 g/mol. The van der Waals surface area contributed by atoms with Crippen molar-refractivity contribution in [2.75, 3.05) is 38.6 Å². The number of ether oxygens (including phenoxy) is 1. The van der Waals surface area contributed by atoms with E-state index in [1.54, 1.807) is 18.4 Å². The Morgan fingerprint density at radius 1 is 1.32 bits per heavy atom. The van der Waals surface area contributed by atoms with E-state index >= 15 is 0 Å². The second-order valence-corrected chi connectivity index (χ2v) is 8.94. The number of hydrogen-bond donors (Lipinski definition) is 1. The van der Waals surface area contributed by atoms with E-state index in [-0.39, 0.29) is 6.10 Å². The molecule has 2 aromatic rings. The summed E-state index contributed by atoms with van der Waals surface area (Å²) < 4.78 is 5.57. The number of para-hydroxylation sites is 2. The summed E-state index contributed by atoms with van der Waals surface area (Å²) in [7, 11) is 1.81. The standard InChI is InChI=1S/C22H30N4OS/c1-5-25-10-11-26(14-17(25)12-15(2)27-4)21-18-13-16(3)28-22(18)24-20-9-7-6-8-19(20)23-21/h6-9,13,15,17,24H,5,10-12,14H2,1-4H3/t15?,17-/m0/s1. The molecule has 0 bridgehead atoms. The molecule has 0 aliphatic carbocycles. The van der Waals surface area contributed by atoms with Crippen LogP contribution in [0.2, 0.25) is 0 Å². The predicted octanol–water partition coefficient (Wildman–Crippen LogP) is 4.62. The van der Waals surface area contributed by atoms with Crippen LogP contribution in [0.4, 0.5) is 16.4 Å². The van der Waals surface area contributed by atoms with Gasteiger partial charge in [-0.15, -0.1) is 11.3 Å². The highest BCUT2D eigenvalue weighted by molar-refractivity contribution is 7.16. The summed E-state index contributed by atoms with van der Waals surface area (Å²) in [6, 6.07) is 11.1. The molecule has 5 nitrogen and oxygen atoms in total. The fourth-order valence-corrected chi connectivity index (χ4v) is 5.11. The normalized spacial score (nSPS) is 20.6. The van der Waals surface area contributed by atoms with Gasteiger partial charge in [0.05, 0.1) is 23.0 Å². The van der Waals surface area contributed by atoms with Crippen LogP contribution in [0.5, 0.6) is 0 Å². The van der Waals surface area contributed by atoms with Crippen LogP contribution < -0.4 is 5.32 Å². The molecule has 1 saturated heterocycles. The van der Waals surface area contributed by atoms with Gasteiger partial charge in [-0.05, 0) is 45.0 Å². The molecule has 1 unspecified atom stereocenters. The third-order valence-electron chi connectivity index (χ3n) is 5.79. The third-order valence-corrected chi connectivity index (χ3v) is 6.76. The van der Waals surface area contributed by atoms with Gasteiger partial charge < -0.3 is 15.0 Å². The minimum atomic E-state index is 0.261. The Labute approximate surface area is 172 Å². The summed E-state index contributed by atoms with van der Waals surface area (Å²) in [4.78, 5) is 11.5. The molecule has 4 rings (SSSR count). The minimum Gasteiger partial charge on any atom is -0.382 e. The molecule has 150 valence electrons. The van der Waals surface area contributed by atoms with Crippen LogP contribution in [0.3, 0.4) is 0 Å². The number of piperazine rings is 1. The van der Waals surface area contributed by atoms with Crippen LogP contribution in [0.15, 0.2) is 35.3 Å². The first-order chi connectivity index (χ1) is 13.6. The molecule has 1 N–H and O–H groups in total.